The van der Waals surface area contributed by atoms with Crippen molar-refractivity contribution in [3.05, 3.63) is 41.0 Å². The van der Waals surface area contributed by atoms with Crippen LogP contribution in [0, 0.1) is 0 Å². The molecule has 0 spiro atoms. The summed E-state index contributed by atoms with van der Waals surface area (Å²) in [7, 11) is 0. The van der Waals surface area contributed by atoms with E-state index in [2.05, 4.69) is 9.97 Å². The monoisotopic (exact) mass is 441 g/mol. The van der Waals surface area contributed by atoms with Crippen molar-refractivity contribution in [1.29, 1.82) is 0 Å². The topological polar surface area (TPSA) is 64.5 Å². The van der Waals surface area contributed by atoms with Gasteiger partial charge in [0.15, 0.2) is 6.61 Å². The lowest BCUT2D eigenvalue weighted by molar-refractivity contribution is -0.137. The number of hydrogen-bond acceptors (Lipinski definition) is 7. The number of fused-ring (bicyclic) bond motifs is 3. The Hall–Kier alpha value is -2.16. The van der Waals surface area contributed by atoms with E-state index in [1.807, 2.05) is 35.6 Å². The largest absolute Gasteiger partial charge is 0.484 e. The van der Waals surface area contributed by atoms with Gasteiger partial charge in [0.2, 0.25) is 0 Å². The number of aryl methyl sites for hydroxylation is 2. The second-order valence-electron chi connectivity index (χ2n) is 7.43. The number of carbonyl (C=O) groups is 1. The lowest BCUT2D eigenvalue weighted by atomic mass is 9.97. The molecule has 1 saturated heterocycles. The van der Waals surface area contributed by atoms with E-state index in [1.165, 1.54) is 28.7 Å². The molecule has 1 aliphatic carbocycles. The molecule has 2 aromatic heterocycles. The van der Waals surface area contributed by atoms with Crippen LogP contribution in [0.25, 0.3) is 10.2 Å². The number of hydrogen-bond donors (Lipinski definition) is 0. The first-order valence-corrected chi connectivity index (χ1v) is 11.9. The van der Waals surface area contributed by atoms with Crippen LogP contribution in [0.3, 0.4) is 0 Å². The maximum atomic E-state index is 12.2. The average Bonchev–Trinajstić information content (AvgIpc) is 3.18. The quantitative estimate of drug-likeness (QED) is 0.559. The fourth-order valence-corrected chi connectivity index (χ4v) is 6.11. The highest BCUT2D eigenvalue weighted by molar-refractivity contribution is 7.99. The molecule has 8 heteroatoms. The van der Waals surface area contributed by atoms with E-state index < -0.39 is 0 Å². The zero-order chi connectivity index (χ0) is 20.3. The third kappa shape index (κ3) is 4.17. The van der Waals surface area contributed by atoms with Gasteiger partial charge in [0.25, 0.3) is 5.91 Å². The number of morpholine rings is 1. The molecule has 1 amide bonds. The van der Waals surface area contributed by atoms with Crippen molar-refractivity contribution in [2.45, 2.75) is 35.6 Å². The van der Waals surface area contributed by atoms with Crippen molar-refractivity contribution < 1.29 is 14.3 Å². The van der Waals surface area contributed by atoms with E-state index in [0.29, 0.717) is 32.1 Å². The second kappa shape index (κ2) is 8.91. The van der Waals surface area contributed by atoms with Gasteiger partial charge in [-0.1, -0.05) is 11.8 Å². The minimum absolute atomic E-state index is 0.00219. The molecule has 30 heavy (non-hydrogen) atoms. The van der Waals surface area contributed by atoms with Crippen LogP contribution in [0.15, 0.2) is 40.5 Å². The van der Waals surface area contributed by atoms with Gasteiger partial charge < -0.3 is 14.4 Å². The number of benzene rings is 1. The van der Waals surface area contributed by atoms with Gasteiger partial charge in [0.05, 0.1) is 13.2 Å². The van der Waals surface area contributed by atoms with Crippen molar-refractivity contribution in [1.82, 2.24) is 14.9 Å². The third-order valence-electron chi connectivity index (χ3n) is 5.48. The molecule has 1 aromatic carbocycles. The highest BCUT2D eigenvalue weighted by atomic mass is 32.2. The standard InChI is InChI=1S/C22H23N3O3S2/c26-19(25-9-11-27-12-10-25)13-28-15-5-7-16(8-6-15)29-21-20-17-3-1-2-4-18(17)30-22(20)24-14-23-21/h5-8,14H,1-4,9-13H2. The van der Waals surface area contributed by atoms with E-state index in [9.17, 15) is 4.79 Å². The molecule has 0 bridgehead atoms. The summed E-state index contributed by atoms with van der Waals surface area (Å²) in [5.74, 6) is 0.698. The number of ether oxygens (including phenoxy) is 2. The summed E-state index contributed by atoms with van der Waals surface area (Å²) < 4.78 is 11.0. The van der Waals surface area contributed by atoms with Crippen molar-refractivity contribution in [3.63, 3.8) is 0 Å². The predicted molar refractivity (Wildman–Crippen MR) is 118 cm³/mol. The van der Waals surface area contributed by atoms with E-state index >= 15 is 0 Å². The molecule has 0 N–H and O–H groups in total. The van der Waals surface area contributed by atoms with Crippen LogP contribution in [0.2, 0.25) is 0 Å². The predicted octanol–water partition coefficient (Wildman–Crippen LogP) is 3.96. The van der Waals surface area contributed by atoms with Gasteiger partial charge in [-0.2, -0.15) is 0 Å². The molecule has 156 valence electrons. The highest BCUT2D eigenvalue weighted by Crippen LogP contribution is 2.41. The Morgan fingerprint density at radius 2 is 1.93 bits per heavy atom. The Bertz CT molecular complexity index is 1050. The van der Waals surface area contributed by atoms with Crippen LogP contribution in [0.4, 0.5) is 0 Å². The van der Waals surface area contributed by atoms with Crippen molar-refractivity contribution in [2.75, 3.05) is 32.9 Å². The van der Waals surface area contributed by atoms with Crippen LogP contribution in [0.5, 0.6) is 5.75 Å². The van der Waals surface area contributed by atoms with E-state index in [0.717, 1.165) is 27.6 Å². The number of carbonyl (C=O) groups excluding carboxylic acids is 1. The fraction of sp³-hybridized carbons (Fsp3) is 0.409. The second-order valence-corrected chi connectivity index (χ2v) is 9.57. The normalized spacial score (nSPS) is 16.5. The lowest BCUT2D eigenvalue weighted by Crippen LogP contribution is -2.42. The molecule has 5 rings (SSSR count). The molecular formula is C22H23N3O3S2. The summed E-state index contributed by atoms with van der Waals surface area (Å²) in [6.45, 7) is 2.53. The SMILES string of the molecule is O=C(COc1ccc(Sc2ncnc3sc4c(c23)CCCC4)cc1)N1CCOCC1. The van der Waals surface area contributed by atoms with Gasteiger partial charge in [0.1, 0.15) is 21.9 Å². The van der Waals surface area contributed by atoms with Gasteiger partial charge in [-0.05, 0) is 55.5 Å². The number of amides is 1. The number of nitrogens with zero attached hydrogens (tertiary/aromatic N) is 3. The zero-order valence-corrected chi connectivity index (χ0v) is 18.3. The first kappa shape index (κ1) is 19.8. The van der Waals surface area contributed by atoms with Gasteiger partial charge >= 0.3 is 0 Å². The molecule has 3 aromatic rings. The molecule has 0 unspecified atom stereocenters. The Morgan fingerprint density at radius 3 is 2.77 bits per heavy atom. The van der Waals surface area contributed by atoms with E-state index in [1.54, 1.807) is 23.0 Å². The average molecular weight is 442 g/mol. The fourth-order valence-electron chi connectivity index (χ4n) is 3.90. The Kier molecular flexibility index (Phi) is 5.88. The Labute approximate surface area is 183 Å². The maximum Gasteiger partial charge on any atom is 0.260 e. The summed E-state index contributed by atoms with van der Waals surface area (Å²) in [6, 6.07) is 7.87. The summed E-state index contributed by atoms with van der Waals surface area (Å²) in [4.78, 5) is 26.8. The van der Waals surface area contributed by atoms with Crippen molar-refractivity contribution in [2.24, 2.45) is 0 Å². The van der Waals surface area contributed by atoms with Gasteiger partial charge in [-0.3, -0.25) is 4.79 Å². The Morgan fingerprint density at radius 1 is 1.13 bits per heavy atom. The first-order valence-electron chi connectivity index (χ1n) is 10.3. The maximum absolute atomic E-state index is 12.2. The summed E-state index contributed by atoms with van der Waals surface area (Å²) in [5.41, 5.74) is 1.45. The molecular weight excluding hydrogens is 418 g/mol. The summed E-state index contributed by atoms with van der Waals surface area (Å²) in [6.07, 6.45) is 6.47. The van der Waals surface area contributed by atoms with Crippen LogP contribution < -0.4 is 4.74 Å². The summed E-state index contributed by atoms with van der Waals surface area (Å²) in [5, 5.41) is 2.26. The number of aromatic nitrogens is 2. The van der Waals surface area contributed by atoms with Crippen molar-refractivity contribution in [3.8, 4) is 5.75 Å². The van der Waals surface area contributed by atoms with Gasteiger partial charge in [0, 0.05) is 28.2 Å². The first-order chi connectivity index (χ1) is 14.8. The third-order valence-corrected chi connectivity index (χ3v) is 7.69. The van der Waals surface area contributed by atoms with Crippen LogP contribution in [-0.2, 0) is 22.4 Å². The van der Waals surface area contributed by atoms with Crippen LogP contribution >= 0.6 is 23.1 Å². The number of rotatable bonds is 5. The molecule has 1 fully saturated rings. The molecule has 3 heterocycles. The zero-order valence-electron chi connectivity index (χ0n) is 16.6. The Balaban J connectivity index is 1.26. The van der Waals surface area contributed by atoms with E-state index in [-0.39, 0.29) is 12.5 Å². The molecule has 6 nitrogen and oxygen atoms in total. The van der Waals surface area contributed by atoms with Gasteiger partial charge in [-0.15, -0.1) is 11.3 Å². The molecule has 0 atom stereocenters. The molecule has 1 aliphatic heterocycles. The molecule has 2 aliphatic rings. The number of thiophene rings is 1. The van der Waals surface area contributed by atoms with Gasteiger partial charge in [-0.25, -0.2) is 9.97 Å². The minimum atomic E-state index is 0.00219. The minimum Gasteiger partial charge on any atom is -0.484 e. The highest BCUT2D eigenvalue weighted by Gasteiger charge is 2.20. The summed E-state index contributed by atoms with van der Waals surface area (Å²) >= 11 is 3.48. The van der Waals surface area contributed by atoms with Crippen LogP contribution in [-0.4, -0.2) is 53.7 Å². The molecule has 0 radical (unpaired) electrons. The van der Waals surface area contributed by atoms with Crippen molar-refractivity contribution >= 4 is 39.2 Å². The van der Waals surface area contributed by atoms with E-state index in [4.69, 9.17) is 9.47 Å². The molecule has 0 saturated carbocycles. The van der Waals surface area contributed by atoms with Crippen LogP contribution in [0.1, 0.15) is 23.3 Å². The lowest BCUT2D eigenvalue weighted by Gasteiger charge is -2.26. The smallest absolute Gasteiger partial charge is 0.260 e.